The summed E-state index contributed by atoms with van der Waals surface area (Å²) in [5, 5.41) is 5.24. The Kier molecular flexibility index (Phi) is 5.56. The highest BCUT2D eigenvalue weighted by atomic mass is 35.5. The number of hydrogen-bond donors (Lipinski definition) is 0. The van der Waals surface area contributed by atoms with Crippen molar-refractivity contribution in [1.29, 1.82) is 0 Å². The molecule has 0 bridgehead atoms. The molecule has 2 atom stereocenters. The normalized spacial score (nSPS) is 13.6. The summed E-state index contributed by atoms with van der Waals surface area (Å²) in [5.41, 5.74) is 0.874. The molecule has 0 aliphatic rings. The van der Waals surface area contributed by atoms with E-state index in [2.05, 4.69) is 10.1 Å². The Balaban J connectivity index is 1.99. The van der Waals surface area contributed by atoms with Crippen LogP contribution in [0.25, 0.3) is 0 Å². The van der Waals surface area contributed by atoms with E-state index in [4.69, 9.17) is 34.8 Å². The lowest BCUT2D eigenvalue weighted by atomic mass is 10.1. The summed E-state index contributed by atoms with van der Waals surface area (Å²) >= 11 is 18.1. The van der Waals surface area contributed by atoms with E-state index in [1.54, 1.807) is 41.3 Å². The first-order valence-electron chi connectivity index (χ1n) is 6.98. The second-order valence-corrected chi connectivity index (χ2v) is 7.91. The Labute approximate surface area is 156 Å². The quantitative estimate of drug-likeness (QED) is 0.619. The third-order valence-electron chi connectivity index (χ3n) is 3.43. The minimum absolute atomic E-state index is 0.359. The molecule has 0 fully saturated rings. The molecule has 0 aliphatic heterocycles. The second-order valence-electron chi connectivity index (χ2n) is 5.03. The number of nitrogens with zero attached hydrogens (tertiary/aromatic N) is 3. The van der Waals surface area contributed by atoms with Gasteiger partial charge in [-0.1, -0.05) is 46.9 Å². The Bertz CT molecular complexity index is 854. The Morgan fingerprint density at radius 1 is 1.04 bits per heavy atom. The summed E-state index contributed by atoms with van der Waals surface area (Å²) < 4.78 is 14.8. The van der Waals surface area contributed by atoms with Crippen molar-refractivity contribution in [2.75, 3.05) is 0 Å². The zero-order chi connectivity index (χ0) is 17.1. The molecule has 8 heteroatoms. The number of halogens is 3. The van der Waals surface area contributed by atoms with E-state index in [0.29, 0.717) is 26.5 Å². The monoisotopic (exact) mass is 399 g/mol. The number of aromatic nitrogens is 3. The van der Waals surface area contributed by atoms with Gasteiger partial charge in [0.2, 0.25) is 0 Å². The van der Waals surface area contributed by atoms with Gasteiger partial charge in [-0.25, -0.2) is 4.98 Å². The Hall–Kier alpha value is -1.40. The fourth-order valence-electron chi connectivity index (χ4n) is 2.26. The standard InChI is InChI=1S/C16H12Cl3N3OS/c17-12-3-1-11(2-4-12)16(8-22-10-20-9-21-22)24(23)15-6-5-13(18)7-14(15)19/h1-7,9-10,16H,8H2. The van der Waals surface area contributed by atoms with E-state index < -0.39 is 10.8 Å². The first-order valence-corrected chi connectivity index (χ1v) is 9.33. The molecule has 1 heterocycles. The predicted octanol–water partition coefficient (Wildman–Crippen LogP) is 4.79. The maximum atomic E-state index is 13.2. The molecule has 0 amide bonds. The molecular formula is C16H12Cl3N3OS. The average Bonchev–Trinajstić information content (AvgIpc) is 3.06. The van der Waals surface area contributed by atoms with E-state index in [0.717, 1.165) is 5.56 Å². The maximum absolute atomic E-state index is 13.2. The smallest absolute Gasteiger partial charge is 0.137 e. The summed E-state index contributed by atoms with van der Waals surface area (Å²) in [6.45, 7) is 0.396. The van der Waals surface area contributed by atoms with Gasteiger partial charge in [0.25, 0.3) is 0 Å². The lowest BCUT2D eigenvalue weighted by Gasteiger charge is -2.18. The number of rotatable bonds is 5. The number of benzene rings is 2. The van der Waals surface area contributed by atoms with Gasteiger partial charge >= 0.3 is 0 Å². The highest BCUT2D eigenvalue weighted by Gasteiger charge is 2.23. The zero-order valence-electron chi connectivity index (χ0n) is 12.3. The van der Waals surface area contributed by atoms with Gasteiger partial charge in [-0.05, 0) is 35.9 Å². The van der Waals surface area contributed by atoms with E-state index in [-0.39, 0.29) is 5.25 Å². The Morgan fingerprint density at radius 2 is 1.75 bits per heavy atom. The molecule has 2 aromatic carbocycles. The van der Waals surface area contributed by atoms with Gasteiger partial charge in [0, 0.05) is 10.0 Å². The SMILES string of the molecule is O=S(c1ccc(Cl)cc1Cl)C(Cn1cncn1)c1ccc(Cl)cc1. The van der Waals surface area contributed by atoms with Gasteiger partial charge in [-0.15, -0.1) is 0 Å². The Morgan fingerprint density at radius 3 is 2.38 bits per heavy atom. The van der Waals surface area contributed by atoms with Crippen molar-refractivity contribution in [3.05, 3.63) is 75.8 Å². The molecule has 0 aliphatic carbocycles. The van der Waals surface area contributed by atoms with Crippen molar-refractivity contribution in [3.8, 4) is 0 Å². The molecule has 0 spiro atoms. The van der Waals surface area contributed by atoms with E-state index >= 15 is 0 Å². The van der Waals surface area contributed by atoms with Crippen LogP contribution in [-0.2, 0) is 17.3 Å². The summed E-state index contributed by atoms with van der Waals surface area (Å²) in [4.78, 5) is 4.46. The van der Waals surface area contributed by atoms with Crippen LogP contribution in [0.3, 0.4) is 0 Å². The first-order chi connectivity index (χ1) is 11.5. The predicted molar refractivity (Wildman–Crippen MR) is 97.1 cm³/mol. The molecular weight excluding hydrogens is 389 g/mol. The molecule has 24 heavy (non-hydrogen) atoms. The van der Waals surface area contributed by atoms with Gasteiger partial charge in [-0.2, -0.15) is 5.10 Å². The molecule has 0 saturated heterocycles. The highest BCUT2D eigenvalue weighted by molar-refractivity contribution is 7.85. The van der Waals surface area contributed by atoms with E-state index in [1.165, 1.54) is 6.33 Å². The summed E-state index contributed by atoms with van der Waals surface area (Å²) in [6.07, 6.45) is 3.03. The molecule has 124 valence electrons. The van der Waals surface area contributed by atoms with Gasteiger partial charge in [0.15, 0.2) is 0 Å². The molecule has 4 nitrogen and oxygen atoms in total. The van der Waals surface area contributed by atoms with Gasteiger partial charge in [0.05, 0.1) is 32.5 Å². The van der Waals surface area contributed by atoms with Crippen molar-refractivity contribution in [3.63, 3.8) is 0 Å². The summed E-state index contributed by atoms with van der Waals surface area (Å²) in [5.74, 6) is 0. The minimum atomic E-state index is -1.41. The van der Waals surface area contributed by atoms with E-state index in [1.807, 2.05) is 12.1 Å². The summed E-state index contributed by atoms with van der Waals surface area (Å²) in [7, 11) is -1.41. The van der Waals surface area contributed by atoms with Crippen molar-refractivity contribution >= 4 is 45.6 Å². The largest absolute Gasteiger partial charge is 0.254 e. The van der Waals surface area contributed by atoms with Crippen LogP contribution in [0.2, 0.25) is 15.1 Å². The van der Waals surface area contributed by atoms with Crippen molar-refractivity contribution in [1.82, 2.24) is 14.8 Å². The molecule has 3 aromatic rings. The second kappa shape index (κ2) is 7.66. The van der Waals surface area contributed by atoms with Crippen LogP contribution in [0.1, 0.15) is 10.8 Å². The topological polar surface area (TPSA) is 47.8 Å². The van der Waals surface area contributed by atoms with Crippen molar-refractivity contribution in [2.45, 2.75) is 16.7 Å². The number of hydrogen-bond acceptors (Lipinski definition) is 3. The van der Waals surface area contributed by atoms with Crippen LogP contribution < -0.4 is 0 Å². The lowest BCUT2D eigenvalue weighted by Crippen LogP contribution is -2.15. The van der Waals surface area contributed by atoms with Crippen LogP contribution in [0.15, 0.2) is 60.0 Å². The minimum Gasteiger partial charge on any atom is -0.254 e. The van der Waals surface area contributed by atoms with Crippen molar-refractivity contribution < 1.29 is 4.21 Å². The van der Waals surface area contributed by atoms with E-state index in [9.17, 15) is 4.21 Å². The highest BCUT2D eigenvalue weighted by Crippen LogP contribution is 2.32. The molecule has 0 saturated carbocycles. The van der Waals surface area contributed by atoms with Crippen LogP contribution in [0.4, 0.5) is 0 Å². The van der Waals surface area contributed by atoms with Gasteiger partial charge in [0.1, 0.15) is 12.7 Å². The fraction of sp³-hybridized carbons (Fsp3) is 0.125. The fourth-order valence-corrected chi connectivity index (χ4v) is 4.48. The molecule has 0 N–H and O–H groups in total. The van der Waals surface area contributed by atoms with Crippen LogP contribution in [0, 0.1) is 0 Å². The van der Waals surface area contributed by atoms with Gasteiger partial charge in [-0.3, -0.25) is 8.89 Å². The zero-order valence-corrected chi connectivity index (χ0v) is 15.4. The lowest BCUT2D eigenvalue weighted by molar-refractivity contribution is 0.585. The van der Waals surface area contributed by atoms with Crippen LogP contribution in [0.5, 0.6) is 0 Å². The summed E-state index contributed by atoms with van der Waals surface area (Å²) in [6, 6.07) is 12.2. The third-order valence-corrected chi connectivity index (χ3v) is 6.07. The average molecular weight is 401 g/mol. The van der Waals surface area contributed by atoms with Crippen molar-refractivity contribution in [2.24, 2.45) is 0 Å². The molecule has 0 radical (unpaired) electrons. The molecule has 3 rings (SSSR count). The molecule has 2 unspecified atom stereocenters. The third kappa shape index (κ3) is 3.98. The van der Waals surface area contributed by atoms with Crippen LogP contribution >= 0.6 is 34.8 Å². The maximum Gasteiger partial charge on any atom is 0.137 e. The molecule has 1 aromatic heterocycles. The van der Waals surface area contributed by atoms with Crippen LogP contribution in [-0.4, -0.2) is 19.0 Å². The first kappa shape index (κ1) is 17.4. The van der Waals surface area contributed by atoms with Gasteiger partial charge < -0.3 is 0 Å².